The Morgan fingerprint density at radius 1 is 1.44 bits per heavy atom. The van der Waals surface area contributed by atoms with Crippen molar-refractivity contribution < 1.29 is 14.3 Å². The van der Waals surface area contributed by atoms with Gasteiger partial charge in [-0.15, -0.1) is 6.58 Å². The molecule has 1 aliphatic carbocycles. The van der Waals surface area contributed by atoms with E-state index in [-0.39, 0.29) is 12.1 Å². The molecular formula is C20H28N2O3. The monoisotopic (exact) mass is 344 g/mol. The molecule has 0 N–H and O–H groups in total. The van der Waals surface area contributed by atoms with Crippen molar-refractivity contribution in [2.24, 2.45) is 11.8 Å². The molecule has 4 atom stereocenters. The van der Waals surface area contributed by atoms with Crippen LogP contribution in [0.5, 0.6) is 5.75 Å². The van der Waals surface area contributed by atoms with Crippen molar-refractivity contribution in [3.8, 4) is 5.75 Å². The first-order chi connectivity index (χ1) is 11.8. The first kappa shape index (κ1) is 17.8. The third-order valence-electron chi connectivity index (χ3n) is 5.05. The van der Waals surface area contributed by atoms with Crippen molar-refractivity contribution in [1.29, 1.82) is 0 Å². The minimum atomic E-state index is -0.473. The summed E-state index contributed by atoms with van der Waals surface area (Å²) in [5.74, 6) is 2.40. The number of aromatic nitrogens is 1. The number of hydrogen-bond acceptors (Lipinski definition) is 4. The van der Waals surface area contributed by atoms with E-state index in [1.54, 1.807) is 11.1 Å². The van der Waals surface area contributed by atoms with Crippen LogP contribution in [-0.4, -0.2) is 40.8 Å². The molecule has 136 valence electrons. The number of rotatable bonds is 5. The van der Waals surface area contributed by atoms with Crippen LogP contribution in [0.1, 0.15) is 45.6 Å². The van der Waals surface area contributed by atoms with Gasteiger partial charge in [-0.3, -0.25) is 4.98 Å². The maximum Gasteiger partial charge on any atom is 0.410 e. The summed E-state index contributed by atoms with van der Waals surface area (Å²) in [6.07, 6.45) is 6.34. The number of amides is 1. The SMILES string of the molecule is C=C[C@H]1[C@H](C)[C@@H]1c1cncc(OC[C@@H]2CCN2C(=O)OC(C)(C)C)c1. The van der Waals surface area contributed by atoms with Gasteiger partial charge in [-0.05, 0) is 56.6 Å². The van der Waals surface area contributed by atoms with Gasteiger partial charge in [-0.2, -0.15) is 0 Å². The number of ether oxygens (including phenoxy) is 2. The number of pyridine rings is 1. The fourth-order valence-electron chi connectivity index (χ4n) is 3.44. The lowest BCUT2D eigenvalue weighted by Crippen LogP contribution is -2.55. The van der Waals surface area contributed by atoms with E-state index in [9.17, 15) is 4.79 Å². The molecule has 5 heteroatoms. The summed E-state index contributed by atoms with van der Waals surface area (Å²) < 4.78 is 11.3. The zero-order valence-electron chi connectivity index (χ0n) is 15.6. The lowest BCUT2D eigenvalue weighted by molar-refractivity contribution is -0.0141. The fourth-order valence-corrected chi connectivity index (χ4v) is 3.44. The van der Waals surface area contributed by atoms with Gasteiger partial charge in [0.15, 0.2) is 0 Å². The third-order valence-corrected chi connectivity index (χ3v) is 5.05. The summed E-state index contributed by atoms with van der Waals surface area (Å²) in [6.45, 7) is 13.0. The molecule has 1 aromatic rings. The van der Waals surface area contributed by atoms with Gasteiger partial charge in [-0.1, -0.05) is 13.0 Å². The zero-order chi connectivity index (χ0) is 18.2. The van der Waals surface area contributed by atoms with Gasteiger partial charge < -0.3 is 14.4 Å². The number of hydrogen-bond donors (Lipinski definition) is 0. The first-order valence-electron chi connectivity index (χ1n) is 9.00. The van der Waals surface area contributed by atoms with Gasteiger partial charge in [0.05, 0.1) is 12.2 Å². The molecule has 1 amide bonds. The minimum Gasteiger partial charge on any atom is -0.490 e. The van der Waals surface area contributed by atoms with E-state index in [0.29, 0.717) is 24.4 Å². The molecule has 0 unspecified atom stereocenters. The van der Waals surface area contributed by atoms with E-state index in [1.165, 1.54) is 5.56 Å². The van der Waals surface area contributed by atoms with E-state index in [1.807, 2.05) is 33.0 Å². The van der Waals surface area contributed by atoms with Crippen LogP contribution >= 0.6 is 0 Å². The standard InChI is InChI=1S/C20H28N2O3/c1-6-17-13(2)18(17)14-9-16(11-21-10-14)24-12-15-7-8-22(15)19(23)25-20(3,4)5/h6,9-11,13,15,17-18H,1,7-8,12H2,2-5H3/t13-,15-,17-,18+/m0/s1. The Kier molecular flexibility index (Phi) is 4.76. The van der Waals surface area contributed by atoms with Gasteiger partial charge in [0.1, 0.15) is 18.0 Å². The van der Waals surface area contributed by atoms with Crippen molar-refractivity contribution >= 4 is 6.09 Å². The molecule has 1 aliphatic heterocycles. The van der Waals surface area contributed by atoms with E-state index in [4.69, 9.17) is 9.47 Å². The van der Waals surface area contributed by atoms with Crippen molar-refractivity contribution in [2.45, 2.75) is 51.7 Å². The lowest BCUT2D eigenvalue weighted by Gasteiger charge is -2.40. The van der Waals surface area contributed by atoms with Crippen molar-refractivity contribution in [2.75, 3.05) is 13.2 Å². The zero-order valence-corrected chi connectivity index (χ0v) is 15.6. The molecule has 0 spiro atoms. The normalized spacial score (nSPS) is 28.1. The van der Waals surface area contributed by atoms with E-state index in [0.717, 1.165) is 18.7 Å². The fraction of sp³-hybridized carbons (Fsp3) is 0.600. The average Bonchev–Trinajstić information content (AvgIpc) is 3.14. The van der Waals surface area contributed by atoms with Crippen LogP contribution in [0.3, 0.4) is 0 Å². The number of carbonyl (C=O) groups excluding carboxylic acids is 1. The highest BCUT2D eigenvalue weighted by Crippen LogP contribution is 2.54. The molecule has 0 bridgehead atoms. The van der Waals surface area contributed by atoms with Crippen LogP contribution < -0.4 is 4.74 Å². The topological polar surface area (TPSA) is 51.7 Å². The molecular weight excluding hydrogens is 316 g/mol. The van der Waals surface area contributed by atoms with E-state index in [2.05, 4.69) is 24.6 Å². The second kappa shape index (κ2) is 6.70. The molecule has 2 fully saturated rings. The molecule has 0 radical (unpaired) electrons. The Balaban J connectivity index is 1.54. The molecule has 2 heterocycles. The van der Waals surface area contributed by atoms with Crippen LogP contribution in [0, 0.1) is 11.8 Å². The van der Waals surface area contributed by atoms with Crippen LogP contribution in [0.25, 0.3) is 0 Å². The number of allylic oxidation sites excluding steroid dienone is 1. The Bertz CT molecular complexity index is 653. The largest absolute Gasteiger partial charge is 0.490 e. The van der Waals surface area contributed by atoms with Gasteiger partial charge in [0.25, 0.3) is 0 Å². The molecule has 25 heavy (non-hydrogen) atoms. The molecule has 3 rings (SSSR count). The highest BCUT2D eigenvalue weighted by molar-refractivity contribution is 5.69. The van der Waals surface area contributed by atoms with Gasteiger partial charge in [-0.25, -0.2) is 4.79 Å². The van der Waals surface area contributed by atoms with Crippen LogP contribution in [0.15, 0.2) is 31.1 Å². The summed E-state index contributed by atoms with van der Waals surface area (Å²) in [5, 5.41) is 0. The summed E-state index contributed by atoms with van der Waals surface area (Å²) in [7, 11) is 0. The minimum absolute atomic E-state index is 0.0688. The van der Waals surface area contributed by atoms with Crippen molar-refractivity contribution in [1.82, 2.24) is 9.88 Å². The summed E-state index contributed by atoms with van der Waals surface area (Å²) >= 11 is 0. The third kappa shape index (κ3) is 3.97. The Morgan fingerprint density at radius 3 is 2.76 bits per heavy atom. The maximum atomic E-state index is 12.1. The molecule has 2 aliphatic rings. The van der Waals surface area contributed by atoms with E-state index < -0.39 is 5.60 Å². The predicted octanol–water partition coefficient (Wildman–Crippen LogP) is 4.01. The summed E-state index contributed by atoms with van der Waals surface area (Å²) in [4.78, 5) is 18.2. The van der Waals surface area contributed by atoms with Crippen LogP contribution in [-0.2, 0) is 4.74 Å². The molecule has 1 aromatic heterocycles. The molecule has 1 saturated carbocycles. The molecule has 1 saturated heterocycles. The Hall–Kier alpha value is -2.04. The average molecular weight is 344 g/mol. The molecule has 0 aromatic carbocycles. The van der Waals surface area contributed by atoms with Gasteiger partial charge in [0, 0.05) is 12.7 Å². The van der Waals surface area contributed by atoms with Crippen molar-refractivity contribution in [3.05, 3.63) is 36.7 Å². The maximum absolute atomic E-state index is 12.1. The highest BCUT2D eigenvalue weighted by Gasteiger charge is 2.45. The van der Waals surface area contributed by atoms with Crippen LogP contribution in [0.2, 0.25) is 0 Å². The van der Waals surface area contributed by atoms with Gasteiger partial charge in [0.2, 0.25) is 0 Å². The van der Waals surface area contributed by atoms with Crippen molar-refractivity contribution in [3.63, 3.8) is 0 Å². The number of likely N-dealkylation sites (tertiary alicyclic amines) is 1. The predicted molar refractivity (Wildman–Crippen MR) is 96.7 cm³/mol. The summed E-state index contributed by atoms with van der Waals surface area (Å²) in [6, 6.07) is 2.13. The van der Waals surface area contributed by atoms with E-state index >= 15 is 0 Å². The van der Waals surface area contributed by atoms with Crippen LogP contribution in [0.4, 0.5) is 4.79 Å². The summed E-state index contributed by atoms with van der Waals surface area (Å²) in [5.41, 5.74) is 0.728. The highest BCUT2D eigenvalue weighted by atomic mass is 16.6. The smallest absolute Gasteiger partial charge is 0.410 e. The van der Waals surface area contributed by atoms with Gasteiger partial charge >= 0.3 is 6.09 Å². The second-order valence-corrected chi connectivity index (χ2v) is 8.08. The lowest BCUT2D eigenvalue weighted by atomic mass is 10.1. The Labute approximate surface area is 150 Å². The second-order valence-electron chi connectivity index (χ2n) is 8.08. The number of carbonyl (C=O) groups is 1. The Morgan fingerprint density at radius 2 is 2.20 bits per heavy atom. The first-order valence-corrected chi connectivity index (χ1v) is 9.00. The quantitative estimate of drug-likeness (QED) is 0.758. The number of nitrogens with zero attached hydrogens (tertiary/aromatic N) is 2. The molecule has 5 nitrogen and oxygen atoms in total.